The summed E-state index contributed by atoms with van der Waals surface area (Å²) in [5.41, 5.74) is 1.84. The molecular formula is C19H15BrN2O3S. The van der Waals surface area contributed by atoms with E-state index in [0.717, 1.165) is 8.45 Å². The molecule has 0 fully saturated rings. The van der Waals surface area contributed by atoms with Crippen LogP contribution >= 0.6 is 15.9 Å². The summed E-state index contributed by atoms with van der Waals surface area (Å²) in [7, 11) is -3.91. The molecular weight excluding hydrogens is 416 g/mol. The molecule has 3 aromatic rings. The van der Waals surface area contributed by atoms with Crippen molar-refractivity contribution in [3.05, 3.63) is 89.3 Å². The monoisotopic (exact) mass is 430 g/mol. The van der Waals surface area contributed by atoms with Crippen molar-refractivity contribution in [2.24, 2.45) is 0 Å². The van der Waals surface area contributed by atoms with Crippen LogP contribution in [0.25, 0.3) is 11.3 Å². The Morgan fingerprint density at radius 3 is 2.58 bits per heavy atom. The first-order valence-electron chi connectivity index (χ1n) is 7.68. The Hall–Kier alpha value is -2.51. The number of pyridine rings is 1. The smallest absolute Gasteiger partial charge is 0.249 e. The molecule has 0 aliphatic rings. The second kappa shape index (κ2) is 7.39. The van der Waals surface area contributed by atoms with Crippen LogP contribution < -0.4 is 0 Å². The van der Waals surface area contributed by atoms with Gasteiger partial charge in [-0.1, -0.05) is 46.3 Å². The average molecular weight is 431 g/mol. The maximum Gasteiger partial charge on any atom is 0.249 e. The van der Waals surface area contributed by atoms with Gasteiger partial charge in [0.2, 0.25) is 10.0 Å². The van der Waals surface area contributed by atoms with Crippen LogP contribution in [0.1, 0.15) is 21.2 Å². The Bertz CT molecular complexity index is 1060. The minimum Gasteiger partial charge on any atom is -0.298 e. The summed E-state index contributed by atoms with van der Waals surface area (Å²) < 4.78 is 28.5. The molecule has 0 aliphatic heterocycles. The lowest BCUT2D eigenvalue weighted by atomic mass is 10.1. The van der Waals surface area contributed by atoms with Crippen LogP contribution in [-0.2, 0) is 10.0 Å². The number of rotatable bonds is 6. The summed E-state index contributed by atoms with van der Waals surface area (Å²) in [6, 6.07) is 12.1. The molecule has 5 nitrogen and oxygen atoms in total. The molecule has 2 heterocycles. The van der Waals surface area contributed by atoms with Gasteiger partial charge in [-0.2, -0.15) is 0 Å². The van der Waals surface area contributed by atoms with Crippen LogP contribution in [0.4, 0.5) is 0 Å². The zero-order chi connectivity index (χ0) is 18.7. The SMILES string of the molecule is C=CC(c1cccnc1)S(=O)(=O)n1cc(C=O)cc1-c1ccccc1Br. The van der Waals surface area contributed by atoms with E-state index in [1.54, 1.807) is 36.5 Å². The number of nitrogens with zero attached hydrogens (tertiary/aromatic N) is 2. The standard InChI is InChI=1S/C19H15BrN2O3S/c1-2-19(15-6-5-9-21-11-15)26(24,25)22-12-14(13-23)10-18(22)16-7-3-4-8-17(16)20/h2-13,19H,1H2. The van der Waals surface area contributed by atoms with Crippen molar-refractivity contribution < 1.29 is 13.2 Å². The molecule has 0 saturated heterocycles. The Morgan fingerprint density at radius 2 is 1.96 bits per heavy atom. The molecule has 1 atom stereocenters. The Balaban J connectivity index is 2.22. The molecule has 0 bridgehead atoms. The third-order valence-electron chi connectivity index (χ3n) is 3.92. The van der Waals surface area contributed by atoms with Crippen LogP contribution in [0.5, 0.6) is 0 Å². The maximum absolute atomic E-state index is 13.3. The summed E-state index contributed by atoms with van der Waals surface area (Å²) in [4.78, 5) is 15.3. The molecule has 1 unspecified atom stereocenters. The number of benzene rings is 1. The van der Waals surface area contributed by atoms with Crippen molar-refractivity contribution in [2.45, 2.75) is 5.25 Å². The number of carbonyl (C=O) groups is 1. The minimum absolute atomic E-state index is 0.272. The zero-order valence-corrected chi connectivity index (χ0v) is 16.0. The summed E-state index contributed by atoms with van der Waals surface area (Å²) in [5.74, 6) is 0. The van der Waals surface area contributed by atoms with Gasteiger partial charge in [0.15, 0.2) is 6.29 Å². The lowest BCUT2D eigenvalue weighted by molar-refractivity contribution is 0.112. The second-order valence-electron chi connectivity index (χ2n) is 5.54. The summed E-state index contributed by atoms with van der Waals surface area (Å²) in [5, 5.41) is -0.996. The van der Waals surface area contributed by atoms with Gasteiger partial charge >= 0.3 is 0 Å². The van der Waals surface area contributed by atoms with Crippen molar-refractivity contribution >= 4 is 32.2 Å². The molecule has 0 amide bonds. The highest BCUT2D eigenvalue weighted by atomic mass is 79.9. The van der Waals surface area contributed by atoms with Gasteiger partial charge in [-0.3, -0.25) is 9.78 Å². The highest BCUT2D eigenvalue weighted by Gasteiger charge is 2.29. The predicted octanol–water partition coefficient (Wildman–Crippen LogP) is 4.23. The maximum atomic E-state index is 13.3. The first-order valence-corrected chi connectivity index (χ1v) is 9.98. The highest BCUT2D eigenvalue weighted by Crippen LogP contribution is 2.34. The molecule has 0 radical (unpaired) electrons. The van der Waals surface area contributed by atoms with E-state index in [0.29, 0.717) is 23.1 Å². The predicted molar refractivity (Wildman–Crippen MR) is 104 cm³/mol. The highest BCUT2D eigenvalue weighted by molar-refractivity contribution is 9.10. The van der Waals surface area contributed by atoms with Crippen molar-refractivity contribution in [1.29, 1.82) is 0 Å². The van der Waals surface area contributed by atoms with Crippen molar-refractivity contribution in [3.63, 3.8) is 0 Å². The Labute approximate surface area is 160 Å². The van der Waals surface area contributed by atoms with E-state index in [2.05, 4.69) is 27.5 Å². The fourth-order valence-electron chi connectivity index (χ4n) is 2.70. The summed E-state index contributed by atoms with van der Waals surface area (Å²) >= 11 is 3.44. The second-order valence-corrected chi connectivity index (χ2v) is 8.33. The molecule has 0 spiro atoms. The van der Waals surface area contributed by atoms with E-state index in [-0.39, 0.29) is 5.56 Å². The molecule has 3 rings (SSSR count). The third-order valence-corrected chi connectivity index (χ3v) is 6.56. The van der Waals surface area contributed by atoms with Crippen LogP contribution in [0.3, 0.4) is 0 Å². The number of aromatic nitrogens is 2. The van der Waals surface area contributed by atoms with Gasteiger partial charge in [0.05, 0.1) is 5.69 Å². The largest absolute Gasteiger partial charge is 0.298 e. The summed E-state index contributed by atoms with van der Waals surface area (Å²) in [6.45, 7) is 3.68. The van der Waals surface area contributed by atoms with Crippen molar-refractivity contribution in [1.82, 2.24) is 8.96 Å². The van der Waals surface area contributed by atoms with E-state index in [1.165, 1.54) is 18.5 Å². The topological polar surface area (TPSA) is 69.0 Å². The van der Waals surface area contributed by atoms with E-state index >= 15 is 0 Å². The van der Waals surface area contributed by atoms with E-state index < -0.39 is 15.3 Å². The van der Waals surface area contributed by atoms with Gasteiger partial charge in [0.1, 0.15) is 5.25 Å². The van der Waals surface area contributed by atoms with Gasteiger partial charge in [-0.25, -0.2) is 12.4 Å². The molecule has 132 valence electrons. The van der Waals surface area contributed by atoms with Crippen LogP contribution in [-0.4, -0.2) is 23.7 Å². The van der Waals surface area contributed by atoms with Gasteiger partial charge in [-0.05, 0) is 23.8 Å². The number of carbonyl (C=O) groups excluding carboxylic acids is 1. The lowest BCUT2D eigenvalue weighted by Crippen LogP contribution is -2.20. The molecule has 1 aromatic carbocycles. The molecule has 26 heavy (non-hydrogen) atoms. The zero-order valence-electron chi connectivity index (χ0n) is 13.6. The van der Waals surface area contributed by atoms with Gasteiger partial charge < -0.3 is 0 Å². The average Bonchev–Trinajstić information content (AvgIpc) is 3.08. The van der Waals surface area contributed by atoms with E-state index in [4.69, 9.17) is 0 Å². The van der Waals surface area contributed by atoms with Gasteiger partial charge in [0, 0.05) is 34.2 Å². The fourth-order valence-corrected chi connectivity index (χ4v) is 4.85. The van der Waals surface area contributed by atoms with Gasteiger partial charge in [-0.15, -0.1) is 6.58 Å². The van der Waals surface area contributed by atoms with Crippen LogP contribution in [0, 0.1) is 0 Å². The number of hydrogen-bond donors (Lipinski definition) is 0. The van der Waals surface area contributed by atoms with Crippen molar-refractivity contribution in [2.75, 3.05) is 0 Å². The summed E-state index contributed by atoms with van der Waals surface area (Å²) in [6.07, 6.45) is 6.37. The molecule has 0 saturated carbocycles. The number of halogens is 1. The number of hydrogen-bond acceptors (Lipinski definition) is 4. The first kappa shape index (κ1) is 18.3. The minimum atomic E-state index is -3.91. The fraction of sp³-hybridized carbons (Fsp3) is 0.0526. The molecule has 2 aromatic heterocycles. The van der Waals surface area contributed by atoms with Crippen LogP contribution in [0.2, 0.25) is 0 Å². The lowest BCUT2D eigenvalue weighted by Gasteiger charge is -2.17. The van der Waals surface area contributed by atoms with Crippen molar-refractivity contribution in [3.8, 4) is 11.3 Å². The normalized spacial score (nSPS) is 12.5. The molecule has 0 N–H and O–H groups in total. The Kier molecular flexibility index (Phi) is 5.20. The Morgan fingerprint density at radius 1 is 1.19 bits per heavy atom. The molecule has 0 aliphatic carbocycles. The van der Waals surface area contributed by atoms with Crippen LogP contribution in [0.15, 0.2) is 78.2 Å². The molecule has 7 heteroatoms. The van der Waals surface area contributed by atoms with Gasteiger partial charge in [0.25, 0.3) is 0 Å². The van der Waals surface area contributed by atoms with E-state index in [1.807, 2.05) is 12.1 Å². The van der Waals surface area contributed by atoms with E-state index in [9.17, 15) is 13.2 Å². The number of aldehydes is 1. The quantitative estimate of drug-likeness (QED) is 0.433. The first-order chi connectivity index (χ1) is 12.5. The third kappa shape index (κ3) is 3.27.